The molecule has 0 aliphatic heterocycles. The average molecular weight is 287 g/mol. The quantitative estimate of drug-likeness (QED) is 0.774. The van der Waals surface area contributed by atoms with E-state index in [1.807, 2.05) is 0 Å². The summed E-state index contributed by atoms with van der Waals surface area (Å²) in [5.74, 6) is 1.67. The van der Waals surface area contributed by atoms with Gasteiger partial charge < -0.3 is 9.53 Å². The molecule has 1 N–H and O–H groups in total. The number of hydrogen-bond donors (Lipinski definition) is 1. The third-order valence-electron chi connectivity index (χ3n) is 5.68. The van der Waals surface area contributed by atoms with Crippen molar-refractivity contribution in [2.75, 3.05) is 6.61 Å². The maximum Gasteiger partial charge on any atom is 0.191 e. The second kappa shape index (κ2) is 6.27. The molecule has 1 saturated carbocycles. The molecule has 4 unspecified atom stereocenters. The minimum atomic E-state index is -1.63. The predicted octanol–water partition coefficient (Wildman–Crippen LogP) is 4.44. The van der Waals surface area contributed by atoms with Crippen molar-refractivity contribution in [2.24, 2.45) is 17.8 Å². The molecule has 2 nitrogen and oxygen atoms in total. The highest BCUT2D eigenvalue weighted by atomic mass is 28.4. The number of aliphatic hydroxyl groups is 1. The van der Waals surface area contributed by atoms with Gasteiger partial charge in [0.1, 0.15) is 0 Å². The first-order chi connectivity index (χ1) is 8.60. The molecule has 1 aliphatic carbocycles. The highest BCUT2D eigenvalue weighted by Gasteiger charge is 2.40. The van der Waals surface area contributed by atoms with Crippen molar-refractivity contribution >= 4 is 8.32 Å². The fraction of sp³-hybridized carbons (Fsp3) is 1.00. The zero-order chi connectivity index (χ0) is 14.8. The van der Waals surface area contributed by atoms with Gasteiger partial charge in [0.05, 0.1) is 6.10 Å². The number of rotatable bonds is 4. The van der Waals surface area contributed by atoms with Gasteiger partial charge in [-0.3, -0.25) is 0 Å². The molecule has 0 bridgehead atoms. The highest BCUT2D eigenvalue weighted by Crippen LogP contribution is 2.40. The van der Waals surface area contributed by atoms with Gasteiger partial charge in [0.2, 0.25) is 0 Å². The molecule has 0 saturated heterocycles. The molecule has 0 heterocycles. The molecule has 0 amide bonds. The van der Waals surface area contributed by atoms with Gasteiger partial charge in [0.25, 0.3) is 0 Å². The van der Waals surface area contributed by atoms with Crippen LogP contribution in [0, 0.1) is 17.8 Å². The van der Waals surface area contributed by atoms with Gasteiger partial charge in [-0.05, 0) is 48.7 Å². The Bertz CT molecular complexity index is 283. The smallest absolute Gasteiger partial charge is 0.191 e. The van der Waals surface area contributed by atoms with Gasteiger partial charge >= 0.3 is 0 Å². The van der Waals surface area contributed by atoms with E-state index in [0.29, 0.717) is 17.8 Å². The van der Waals surface area contributed by atoms with Crippen LogP contribution in [-0.2, 0) is 4.43 Å². The summed E-state index contributed by atoms with van der Waals surface area (Å²) in [4.78, 5) is 0. The van der Waals surface area contributed by atoms with Crippen LogP contribution in [-0.4, -0.2) is 26.1 Å². The molecule has 19 heavy (non-hydrogen) atoms. The Hall–Kier alpha value is 0.137. The van der Waals surface area contributed by atoms with Crippen molar-refractivity contribution < 1.29 is 9.53 Å². The molecular formula is C16H34O2Si. The number of aliphatic hydroxyl groups excluding tert-OH is 1. The molecule has 4 atom stereocenters. The van der Waals surface area contributed by atoms with Crippen LogP contribution < -0.4 is 0 Å². The van der Waals surface area contributed by atoms with E-state index in [0.717, 1.165) is 25.9 Å². The molecule has 114 valence electrons. The summed E-state index contributed by atoms with van der Waals surface area (Å²) in [6, 6.07) is 0. The largest absolute Gasteiger partial charge is 0.417 e. The van der Waals surface area contributed by atoms with E-state index in [2.05, 4.69) is 47.7 Å². The molecule has 0 aromatic carbocycles. The summed E-state index contributed by atoms with van der Waals surface area (Å²) in [6.07, 6.45) is 3.06. The molecule has 1 fully saturated rings. The maximum absolute atomic E-state index is 10.1. The van der Waals surface area contributed by atoms with Crippen molar-refractivity contribution in [1.29, 1.82) is 0 Å². The van der Waals surface area contributed by atoms with Crippen LogP contribution in [0.5, 0.6) is 0 Å². The van der Waals surface area contributed by atoms with Gasteiger partial charge in [-0.15, -0.1) is 0 Å². The van der Waals surface area contributed by atoms with Gasteiger partial charge in [-0.1, -0.05) is 41.0 Å². The summed E-state index contributed by atoms with van der Waals surface area (Å²) < 4.78 is 6.39. The van der Waals surface area contributed by atoms with Crippen LogP contribution in [0.15, 0.2) is 0 Å². The summed E-state index contributed by atoms with van der Waals surface area (Å²) in [5.41, 5.74) is 0. The van der Waals surface area contributed by atoms with Gasteiger partial charge in [-0.2, -0.15) is 0 Å². The molecular weight excluding hydrogens is 252 g/mol. The Kier molecular flexibility index (Phi) is 5.68. The zero-order valence-electron chi connectivity index (χ0n) is 14.0. The first-order valence-corrected chi connectivity index (χ1v) is 10.8. The monoisotopic (exact) mass is 286 g/mol. The topological polar surface area (TPSA) is 29.5 Å². The van der Waals surface area contributed by atoms with Crippen LogP contribution in [0.4, 0.5) is 0 Å². The molecule has 0 spiro atoms. The number of hydrogen-bond acceptors (Lipinski definition) is 2. The Morgan fingerprint density at radius 3 is 2.26 bits per heavy atom. The van der Waals surface area contributed by atoms with Crippen LogP contribution >= 0.6 is 0 Å². The minimum absolute atomic E-state index is 0.0934. The Morgan fingerprint density at radius 2 is 1.79 bits per heavy atom. The van der Waals surface area contributed by atoms with Crippen molar-refractivity contribution in [3.8, 4) is 0 Å². The Balaban J connectivity index is 2.59. The Morgan fingerprint density at radius 1 is 1.21 bits per heavy atom. The third kappa shape index (κ3) is 4.05. The SMILES string of the molecule is CCC1C(O)CCC(CO[Si](C)(C)C(C)(C)C)C1C. The van der Waals surface area contributed by atoms with Gasteiger partial charge in [-0.25, -0.2) is 0 Å². The fourth-order valence-electron chi connectivity index (χ4n) is 2.97. The van der Waals surface area contributed by atoms with Crippen LogP contribution in [0.1, 0.15) is 53.9 Å². The second-order valence-electron chi connectivity index (χ2n) is 7.91. The average Bonchev–Trinajstić information content (AvgIpc) is 2.27. The van der Waals surface area contributed by atoms with E-state index in [1.54, 1.807) is 0 Å². The molecule has 0 radical (unpaired) electrons. The van der Waals surface area contributed by atoms with Crippen molar-refractivity contribution in [3.05, 3.63) is 0 Å². The zero-order valence-corrected chi connectivity index (χ0v) is 15.0. The van der Waals surface area contributed by atoms with E-state index < -0.39 is 8.32 Å². The summed E-state index contributed by atoms with van der Waals surface area (Å²) in [5, 5.41) is 10.4. The molecule has 1 rings (SSSR count). The molecule has 3 heteroatoms. The van der Waals surface area contributed by atoms with Gasteiger partial charge in [0, 0.05) is 6.61 Å². The van der Waals surface area contributed by atoms with Crippen LogP contribution in [0.25, 0.3) is 0 Å². The van der Waals surface area contributed by atoms with Crippen molar-refractivity contribution in [1.82, 2.24) is 0 Å². The van der Waals surface area contributed by atoms with Gasteiger partial charge in [0.15, 0.2) is 8.32 Å². The maximum atomic E-state index is 10.1. The standard InChI is InChI=1S/C16H34O2Si/c1-8-14-12(2)13(9-10-15(14)17)11-18-19(6,7)16(3,4)5/h12-15,17H,8-11H2,1-7H3. The van der Waals surface area contributed by atoms with E-state index in [1.165, 1.54) is 0 Å². The van der Waals surface area contributed by atoms with E-state index in [9.17, 15) is 5.11 Å². The normalized spacial score (nSPS) is 33.5. The second-order valence-corrected chi connectivity index (χ2v) is 12.7. The fourth-order valence-corrected chi connectivity index (χ4v) is 4.04. The summed E-state index contributed by atoms with van der Waals surface area (Å²) in [6.45, 7) is 16.9. The first kappa shape index (κ1) is 17.2. The molecule has 0 aromatic rings. The molecule has 0 aromatic heterocycles. The van der Waals surface area contributed by atoms with E-state index in [4.69, 9.17) is 4.43 Å². The lowest BCUT2D eigenvalue weighted by molar-refractivity contribution is -0.00721. The van der Waals surface area contributed by atoms with E-state index in [-0.39, 0.29) is 11.1 Å². The third-order valence-corrected chi connectivity index (χ3v) is 10.2. The predicted molar refractivity (Wildman–Crippen MR) is 84.8 cm³/mol. The Labute approximate surface area is 121 Å². The van der Waals surface area contributed by atoms with E-state index >= 15 is 0 Å². The summed E-state index contributed by atoms with van der Waals surface area (Å²) in [7, 11) is -1.63. The summed E-state index contributed by atoms with van der Waals surface area (Å²) >= 11 is 0. The van der Waals surface area contributed by atoms with Crippen molar-refractivity contribution in [3.63, 3.8) is 0 Å². The van der Waals surface area contributed by atoms with Crippen molar-refractivity contribution in [2.45, 2.75) is 78.1 Å². The lowest BCUT2D eigenvalue weighted by atomic mass is 9.71. The van der Waals surface area contributed by atoms with Crippen LogP contribution in [0.3, 0.4) is 0 Å². The first-order valence-electron chi connectivity index (χ1n) is 7.92. The lowest BCUT2D eigenvalue weighted by Crippen LogP contribution is -2.44. The highest BCUT2D eigenvalue weighted by molar-refractivity contribution is 6.74. The minimum Gasteiger partial charge on any atom is -0.417 e. The lowest BCUT2D eigenvalue weighted by Gasteiger charge is -2.42. The molecule has 1 aliphatic rings. The van der Waals surface area contributed by atoms with Crippen LogP contribution in [0.2, 0.25) is 18.1 Å².